The standard InChI is InChI=1S/C21H27FN4O3/c1-20(2,3)29-19(28)23-10-18(27)25-12-17-24-16(11-26(17)21(4,5)13-25)14-7-6-8-15(22)9-14/h6-9,11H,10,12-13H2,1-5H3,(H,23,28). The third-order valence-corrected chi connectivity index (χ3v) is 4.60. The van der Waals surface area contributed by atoms with Crippen LogP contribution >= 0.6 is 0 Å². The van der Waals surface area contributed by atoms with Crippen molar-refractivity contribution < 1.29 is 18.7 Å². The number of hydrogen-bond acceptors (Lipinski definition) is 4. The number of amides is 2. The summed E-state index contributed by atoms with van der Waals surface area (Å²) in [4.78, 5) is 30.8. The maximum absolute atomic E-state index is 13.6. The topological polar surface area (TPSA) is 76.5 Å². The number of rotatable bonds is 3. The number of carbonyl (C=O) groups excluding carboxylic acids is 2. The molecule has 0 aliphatic carbocycles. The lowest BCUT2D eigenvalue weighted by molar-refractivity contribution is -0.133. The SMILES string of the molecule is CC(C)(C)OC(=O)NCC(=O)N1Cc2nc(-c3cccc(F)c3)cn2C(C)(C)C1. The van der Waals surface area contributed by atoms with E-state index in [4.69, 9.17) is 4.74 Å². The minimum Gasteiger partial charge on any atom is -0.444 e. The summed E-state index contributed by atoms with van der Waals surface area (Å²) in [5.74, 6) is 0.175. The van der Waals surface area contributed by atoms with Gasteiger partial charge in [-0.3, -0.25) is 4.79 Å². The van der Waals surface area contributed by atoms with E-state index >= 15 is 0 Å². The maximum atomic E-state index is 13.6. The number of hydrogen-bond donors (Lipinski definition) is 1. The van der Waals surface area contributed by atoms with Gasteiger partial charge in [0.2, 0.25) is 5.91 Å². The zero-order chi connectivity index (χ0) is 21.4. The van der Waals surface area contributed by atoms with Crippen molar-refractivity contribution >= 4 is 12.0 Å². The quantitative estimate of drug-likeness (QED) is 0.855. The number of carbonyl (C=O) groups is 2. The fourth-order valence-electron chi connectivity index (χ4n) is 3.36. The number of halogens is 1. The minimum atomic E-state index is -0.628. The molecule has 1 aliphatic heterocycles. The van der Waals surface area contributed by atoms with E-state index < -0.39 is 17.2 Å². The molecule has 156 valence electrons. The lowest BCUT2D eigenvalue weighted by Crippen LogP contribution is -2.51. The number of fused-ring (bicyclic) bond motifs is 1. The molecule has 0 bridgehead atoms. The predicted octanol–water partition coefficient (Wildman–Crippen LogP) is 3.29. The summed E-state index contributed by atoms with van der Waals surface area (Å²) in [7, 11) is 0. The van der Waals surface area contributed by atoms with Crippen molar-refractivity contribution in [3.8, 4) is 11.3 Å². The molecular weight excluding hydrogens is 375 g/mol. The molecule has 0 spiro atoms. The lowest BCUT2D eigenvalue weighted by Gasteiger charge is -2.39. The van der Waals surface area contributed by atoms with Gasteiger partial charge in [-0.2, -0.15) is 0 Å². The summed E-state index contributed by atoms with van der Waals surface area (Å²) in [5, 5.41) is 2.50. The van der Waals surface area contributed by atoms with Crippen molar-refractivity contribution in [2.24, 2.45) is 0 Å². The summed E-state index contributed by atoms with van der Waals surface area (Å²) < 4.78 is 20.8. The zero-order valence-corrected chi connectivity index (χ0v) is 17.5. The molecule has 0 unspecified atom stereocenters. The van der Waals surface area contributed by atoms with Crippen LogP contribution in [0.4, 0.5) is 9.18 Å². The van der Waals surface area contributed by atoms with Crippen molar-refractivity contribution in [1.82, 2.24) is 19.8 Å². The molecule has 1 aromatic carbocycles. The average Bonchev–Trinajstić information content (AvgIpc) is 3.03. The Morgan fingerprint density at radius 3 is 2.69 bits per heavy atom. The minimum absolute atomic E-state index is 0.150. The first-order valence-electron chi connectivity index (χ1n) is 9.54. The van der Waals surface area contributed by atoms with Crippen molar-refractivity contribution in [2.45, 2.75) is 52.3 Å². The molecule has 1 aromatic heterocycles. The van der Waals surface area contributed by atoms with Crippen LogP contribution in [0.5, 0.6) is 0 Å². The lowest BCUT2D eigenvalue weighted by atomic mass is 10.0. The van der Waals surface area contributed by atoms with Crippen LogP contribution in [0, 0.1) is 5.82 Å². The Kier molecular flexibility index (Phi) is 5.38. The smallest absolute Gasteiger partial charge is 0.408 e. The van der Waals surface area contributed by atoms with Crippen LogP contribution in [0.1, 0.15) is 40.4 Å². The van der Waals surface area contributed by atoms with Gasteiger partial charge in [-0.1, -0.05) is 12.1 Å². The Labute approximate surface area is 169 Å². The van der Waals surface area contributed by atoms with Gasteiger partial charge < -0.3 is 19.5 Å². The first-order valence-corrected chi connectivity index (χ1v) is 9.54. The summed E-state index contributed by atoms with van der Waals surface area (Å²) in [5.41, 5.74) is 0.326. The molecule has 2 aromatic rings. The molecule has 8 heteroatoms. The third-order valence-electron chi connectivity index (χ3n) is 4.60. The van der Waals surface area contributed by atoms with Crippen molar-refractivity contribution in [3.63, 3.8) is 0 Å². The summed E-state index contributed by atoms with van der Waals surface area (Å²) >= 11 is 0. The second-order valence-electron chi connectivity index (χ2n) is 8.84. The van der Waals surface area contributed by atoms with Crippen LogP contribution in [0.3, 0.4) is 0 Å². The van der Waals surface area contributed by atoms with Gasteiger partial charge in [0.1, 0.15) is 23.8 Å². The molecule has 1 N–H and O–H groups in total. The molecule has 0 saturated carbocycles. The molecule has 2 amide bonds. The zero-order valence-electron chi connectivity index (χ0n) is 17.5. The number of alkyl carbamates (subject to hydrolysis) is 1. The number of benzene rings is 1. The molecule has 0 saturated heterocycles. The van der Waals surface area contributed by atoms with Gasteiger partial charge in [0.25, 0.3) is 0 Å². The van der Waals surface area contributed by atoms with Crippen molar-refractivity contribution in [2.75, 3.05) is 13.1 Å². The normalized spacial score (nSPS) is 15.6. The van der Waals surface area contributed by atoms with Gasteiger partial charge in [-0.25, -0.2) is 14.2 Å². The average molecular weight is 402 g/mol. The Morgan fingerprint density at radius 1 is 1.31 bits per heavy atom. The van der Waals surface area contributed by atoms with Crippen LogP contribution in [0.25, 0.3) is 11.3 Å². The van der Waals surface area contributed by atoms with Gasteiger partial charge >= 0.3 is 6.09 Å². The second kappa shape index (κ2) is 7.50. The van der Waals surface area contributed by atoms with Crippen LogP contribution < -0.4 is 5.32 Å². The Bertz CT molecular complexity index is 930. The van der Waals surface area contributed by atoms with E-state index in [2.05, 4.69) is 10.3 Å². The fourth-order valence-corrected chi connectivity index (χ4v) is 3.36. The molecule has 29 heavy (non-hydrogen) atoms. The molecule has 0 atom stereocenters. The number of imidazole rings is 1. The number of nitrogens with one attached hydrogen (secondary N) is 1. The van der Waals surface area contributed by atoms with E-state index in [-0.39, 0.29) is 18.3 Å². The van der Waals surface area contributed by atoms with Gasteiger partial charge in [0.15, 0.2) is 0 Å². The maximum Gasteiger partial charge on any atom is 0.408 e. The van der Waals surface area contributed by atoms with Crippen molar-refractivity contribution in [1.29, 1.82) is 0 Å². The molecule has 2 heterocycles. The van der Waals surface area contributed by atoms with Crippen LogP contribution in [0.15, 0.2) is 30.5 Å². The number of aromatic nitrogens is 2. The van der Waals surface area contributed by atoms with E-state index in [0.29, 0.717) is 30.2 Å². The molecule has 0 radical (unpaired) electrons. The molecule has 1 aliphatic rings. The third kappa shape index (κ3) is 4.93. The highest BCUT2D eigenvalue weighted by Gasteiger charge is 2.35. The summed E-state index contributed by atoms with van der Waals surface area (Å²) in [6, 6.07) is 6.28. The van der Waals surface area contributed by atoms with Crippen LogP contribution in [-0.2, 0) is 21.6 Å². The second-order valence-corrected chi connectivity index (χ2v) is 8.84. The molecular formula is C21H27FN4O3. The highest BCUT2D eigenvalue weighted by Crippen LogP contribution is 2.30. The van der Waals surface area contributed by atoms with Gasteiger partial charge in [-0.15, -0.1) is 0 Å². The van der Waals surface area contributed by atoms with Crippen LogP contribution in [-0.4, -0.2) is 45.1 Å². The van der Waals surface area contributed by atoms with E-state index in [0.717, 1.165) is 0 Å². The fraction of sp³-hybridized carbons (Fsp3) is 0.476. The predicted molar refractivity (Wildman–Crippen MR) is 107 cm³/mol. The number of ether oxygens (including phenoxy) is 1. The summed E-state index contributed by atoms with van der Waals surface area (Å²) in [6.07, 6.45) is 1.27. The first-order chi connectivity index (χ1) is 13.4. The summed E-state index contributed by atoms with van der Waals surface area (Å²) in [6.45, 7) is 9.93. The molecule has 3 rings (SSSR count). The van der Waals surface area contributed by atoms with E-state index in [1.54, 1.807) is 37.8 Å². The monoisotopic (exact) mass is 402 g/mol. The molecule has 0 fully saturated rings. The Hall–Kier alpha value is -2.90. The van der Waals surface area contributed by atoms with Gasteiger partial charge in [-0.05, 0) is 46.8 Å². The van der Waals surface area contributed by atoms with Crippen molar-refractivity contribution in [3.05, 3.63) is 42.1 Å². The molecule has 7 nitrogen and oxygen atoms in total. The van der Waals surface area contributed by atoms with Gasteiger partial charge in [0.05, 0.1) is 17.8 Å². The number of nitrogens with zero attached hydrogens (tertiary/aromatic N) is 3. The van der Waals surface area contributed by atoms with Crippen LogP contribution in [0.2, 0.25) is 0 Å². The van der Waals surface area contributed by atoms with E-state index in [1.807, 2.05) is 24.6 Å². The van der Waals surface area contributed by atoms with E-state index in [1.165, 1.54) is 12.1 Å². The van der Waals surface area contributed by atoms with E-state index in [9.17, 15) is 14.0 Å². The highest BCUT2D eigenvalue weighted by molar-refractivity contribution is 5.82. The Morgan fingerprint density at radius 2 is 2.03 bits per heavy atom. The Balaban J connectivity index is 1.73. The first kappa shape index (κ1) is 20.8. The van der Waals surface area contributed by atoms with Gasteiger partial charge in [0, 0.05) is 18.3 Å². The highest BCUT2D eigenvalue weighted by atomic mass is 19.1. The largest absolute Gasteiger partial charge is 0.444 e.